The molecule has 0 aliphatic carbocycles. The van der Waals surface area contributed by atoms with E-state index in [1.165, 1.54) is 18.4 Å². The van der Waals surface area contributed by atoms with Gasteiger partial charge in [-0.2, -0.15) is 0 Å². The van der Waals surface area contributed by atoms with Crippen LogP contribution in [-0.2, 0) is 4.79 Å². The Kier molecular flexibility index (Phi) is 4.59. The van der Waals surface area contributed by atoms with Gasteiger partial charge in [0.1, 0.15) is 40.2 Å². The SMILES string of the molecule is COc1ccc(-c2coc3c4c(cc(O)c3c2=O)OC(=O)CC4c2cccc(O)c2)cc1. The van der Waals surface area contributed by atoms with E-state index in [1.807, 2.05) is 0 Å². The average molecular weight is 430 g/mol. The van der Waals surface area contributed by atoms with Gasteiger partial charge < -0.3 is 24.1 Å². The van der Waals surface area contributed by atoms with Gasteiger partial charge in [-0.05, 0) is 35.4 Å². The normalized spacial score (nSPS) is 15.3. The van der Waals surface area contributed by atoms with Gasteiger partial charge in [-0.1, -0.05) is 24.3 Å². The monoisotopic (exact) mass is 430 g/mol. The van der Waals surface area contributed by atoms with Crippen LogP contribution in [-0.4, -0.2) is 23.3 Å². The Labute approximate surface area is 182 Å². The number of carbonyl (C=O) groups is 1. The molecular formula is C25H18O7. The second-order valence-corrected chi connectivity index (χ2v) is 7.54. The van der Waals surface area contributed by atoms with Crippen LogP contribution in [0.25, 0.3) is 22.1 Å². The highest BCUT2D eigenvalue weighted by atomic mass is 16.5. The summed E-state index contributed by atoms with van der Waals surface area (Å²) >= 11 is 0. The number of phenols is 2. The van der Waals surface area contributed by atoms with Crippen LogP contribution in [0, 0.1) is 0 Å². The van der Waals surface area contributed by atoms with Gasteiger partial charge in [0.2, 0.25) is 5.43 Å². The molecule has 7 heteroatoms. The number of aromatic hydroxyl groups is 2. The maximum absolute atomic E-state index is 13.4. The fraction of sp³-hybridized carbons (Fsp3) is 0.120. The lowest BCUT2D eigenvalue weighted by Gasteiger charge is -2.26. The number of benzene rings is 3. The predicted molar refractivity (Wildman–Crippen MR) is 116 cm³/mol. The van der Waals surface area contributed by atoms with Crippen molar-refractivity contribution >= 4 is 16.9 Å². The summed E-state index contributed by atoms with van der Waals surface area (Å²) in [4.78, 5) is 25.6. The van der Waals surface area contributed by atoms with Gasteiger partial charge in [0.25, 0.3) is 0 Å². The van der Waals surface area contributed by atoms with Gasteiger partial charge in [-0.15, -0.1) is 0 Å². The molecule has 32 heavy (non-hydrogen) atoms. The van der Waals surface area contributed by atoms with Crippen LogP contribution in [0.1, 0.15) is 23.5 Å². The third-order valence-electron chi connectivity index (χ3n) is 5.64. The van der Waals surface area contributed by atoms with Crippen molar-refractivity contribution in [1.29, 1.82) is 0 Å². The topological polar surface area (TPSA) is 106 Å². The Morgan fingerprint density at radius 3 is 2.53 bits per heavy atom. The minimum atomic E-state index is -0.517. The van der Waals surface area contributed by atoms with Gasteiger partial charge in [0.15, 0.2) is 0 Å². The van der Waals surface area contributed by atoms with Crippen molar-refractivity contribution < 1.29 is 28.9 Å². The molecule has 0 bridgehead atoms. The van der Waals surface area contributed by atoms with Gasteiger partial charge in [0, 0.05) is 17.5 Å². The lowest BCUT2D eigenvalue weighted by molar-refractivity contribution is -0.135. The van der Waals surface area contributed by atoms with E-state index in [2.05, 4.69) is 0 Å². The first kappa shape index (κ1) is 19.7. The Balaban J connectivity index is 1.75. The van der Waals surface area contributed by atoms with E-state index in [1.54, 1.807) is 49.6 Å². The third kappa shape index (κ3) is 3.15. The molecule has 1 unspecified atom stereocenters. The molecule has 160 valence electrons. The lowest BCUT2D eigenvalue weighted by Crippen LogP contribution is -2.22. The summed E-state index contributed by atoms with van der Waals surface area (Å²) in [6, 6.07) is 14.7. The van der Waals surface area contributed by atoms with Crippen LogP contribution >= 0.6 is 0 Å². The van der Waals surface area contributed by atoms with Crippen molar-refractivity contribution in [3.63, 3.8) is 0 Å². The summed E-state index contributed by atoms with van der Waals surface area (Å²) in [7, 11) is 1.55. The molecule has 0 spiro atoms. The molecule has 1 aliphatic rings. The van der Waals surface area contributed by atoms with Gasteiger partial charge in [-0.25, -0.2) is 0 Å². The Hall–Kier alpha value is -4.26. The molecule has 7 nitrogen and oxygen atoms in total. The minimum absolute atomic E-state index is 0.000157. The first-order chi connectivity index (χ1) is 15.5. The molecule has 2 heterocycles. The number of esters is 1. The van der Waals surface area contributed by atoms with Crippen LogP contribution in [0.3, 0.4) is 0 Å². The lowest BCUT2D eigenvalue weighted by atomic mass is 9.85. The Morgan fingerprint density at radius 2 is 1.81 bits per heavy atom. The number of carbonyl (C=O) groups excluding carboxylic acids is 1. The fourth-order valence-electron chi connectivity index (χ4n) is 4.13. The van der Waals surface area contributed by atoms with Crippen LogP contribution in [0.2, 0.25) is 0 Å². The molecular weight excluding hydrogens is 412 g/mol. The molecule has 1 aliphatic heterocycles. The molecule has 0 saturated heterocycles. The predicted octanol–water partition coefficient (Wildman–Crippen LogP) is 4.32. The number of hydrogen-bond acceptors (Lipinski definition) is 7. The van der Waals surface area contributed by atoms with Crippen LogP contribution in [0.15, 0.2) is 70.1 Å². The van der Waals surface area contributed by atoms with Gasteiger partial charge >= 0.3 is 5.97 Å². The number of ether oxygens (including phenoxy) is 2. The molecule has 3 aromatic carbocycles. The van der Waals surface area contributed by atoms with Crippen LogP contribution in [0.4, 0.5) is 0 Å². The van der Waals surface area contributed by atoms with Crippen molar-refractivity contribution in [1.82, 2.24) is 0 Å². The fourth-order valence-corrected chi connectivity index (χ4v) is 4.13. The van der Waals surface area contributed by atoms with Crippen LogP contribution < -0.4 is 14.9 Å². The highest BCUT2D eigenvalue weighted by Gasteiger charge is 2.33. The Morgan fingerprint density at radius 1 is 1.03 bits per heavy atom. The molecule has 2 N–H and O–H groups in total. The highest BCUT2D eigenvalue weighted by molar-refractivity contribution is 5.94. The second kappa shape index (κ2) is 7.46. The molecule has 0 amide bonds. The van der Waals surface area contributed by atoms with Crippen molar-refractivity contribution in [2.75, 3.05) is 7.11 Å². The van der Waals surface area contributed by atoms with E-state index < -0.39 is 17.3 Å². The molecule has 0 radical (unpaired) electrons. The van der Waals surface area contributed by atoms with Crippen LogP contribution in [0.5, 0.6) is 23.0 Å². The van der Waals surface area contributed by atoms with E-state index in [4.69, 9.17) is 13.9 Å². The summed E-state index contributed by atoms with van der Waals surface area (Å²) in [5.74, 6) is -0.522. The Bertz CT molecular complexity index is 1420. The first-order valence-corrected chi connectivity index (χ1v) is 9.91. The second-order valence-electron chi connectivity index (χ2n) is 7.54. The van der Waals surface area contributed by atoms with E-state index >= 15 is 0 Å². The van der Waals surface area contributed by atoms with Gasteiger partial charge in [0.05, 0.1) is 19.1 Å². The first-order valence-electron chi connectivity index (χ1n) is 9.91. The maximum Gasteiger partial charge on any atom is 0.312 e. The van der Waals surface area contributed by atoms with E-state index in [-0.39, 0.29) is 40.2 Å². The molecule has 0 fully saturated rings. The quantitative estimate of drug-likeness (QED) is 0.368. The zero-order chi connectivity index (χ0) is 22.4. The van der Waals surface area contributed by atoms with E-state index in [0.29, 0.717) is 22.4 Å². The summed E-state index contributed by atoms with van der Waals surface area (Å²) in [5, 5.41) is 20.6. The molecule has 5 rings (SSSR count). The summed E-state index contributed by atoms with van der Waals surface area (Å²) in [6.45, 7) is 0. The van der Waals surface area contributed by atoms with Crippen molar-refractivity contribution in [3.8, 4) is 34.1 Å². The van der Waals surface area contributed by atoms with Gasteiger partial charge in [-0.3, -0.25) is 9.59 Å². The van der Waals surface area contributed by atoms with Crippen molar-refractivity contribution in [3.05, 3.63) is 82.2 Å². The summed E-state index contributed by atoms with van der Waals surface area (Å²) < 4.78 is 16.4. The standard InChI is InChI=1S/C25H18O7/c1-30-16-7-5-13(6-8-16)18-12-31-25-22-17(14-3-2-4-15(26)9-14)10-21(28)32-20(22)11-19(27)23(25)24(18)29/h2-9,11-12,17,26-27H,10H2,1H3. The highest BCUT2D eigenvalue weighted by Crippen LogP contribution is 2.46. The number of fused-ring (bicyclic) bond motifs is 3. The van der Waals surface area contributed by atoms with E-state index in [9.17, 15) is 19.8 Å². The number of hydrogen-bond donors (Lipinski definition) is 2. The largest absolute Gasteiger partial charge is 0.508 e. The third-order valence-corrected chi connectivity index (χ3v) is 5.64. The number of methoxy groups -OCH3 is 1. The maximum atomic E-state index is 13.4. The van der Waals surface area contributed by atoms with E-state index in [0.717, 1.165) is 0 Å². The summed E-state index contributed by atoms with van der Waals surface area (Å²) in [6.07, 6.45) is 1.34. The molecule has 0 saturated carbocycles. The number of rotatable bonds is 3. The van der Waals surface area contributed by atoms with Crippen molar-refractivity contribution in [2.45, 2.75) is 12.3 Å². The molecule has 1 aromatic heterocycles. The molecule has 1 atom stereocenters. The number of phenolic OH excluding ortho intramolecular Hbond substituents is 2. The zero-order valence-electron chi connectivity index (χ0n) is 17.0. The average Bonchev–Trinajstić information content (AvgIpc) is 2.78. The minimum Gasteiger partial charge on any atom is -0.508 e. The zero-order valence-corrected chi connectivity index (χ0v) is 17.0. The smallest absolute Gasteiger partial charge is 0.312 e. The summed E-state index contributed by atoms with van der Waals surface area (Å²) in [5.41, 5.74) is 1.75. The molecule has 4 aromatic rings. The van der Waals surface area contributed by atoms with Crippen molar-refractivity contribution in [2.24, 2.45) is 0 Å².